The average molecular weight is 434 g/mol. The van der Waals surface area contributed by atoms with Gasteiger partial charge in [-0.1, -0.05) is 29.8 Å². The number of thioether (sulfide) groups is 1. The molecule has 1 heterocycles. The summed E-state index contributed by atoms with van der Waals surface area (Å²) >= 11 is 7.36. The third-order valence-corrected chi connectivity index (χ3v) is 6.26. The summed E-state index contributed by atoms with van der Waals surface area (Å²) in [6, 6.07) is 13.1. The number of para-hydroxylation sites is 1. The Morgan fingerprint density at radius 2 is 2.07 bits per heavy atom. The van der Waals surface area contributed by atoms with E-state index in [9.17, 15) is 9.59 Å². The minimum atomic E-state index is -0.479. The molecule has 0 aromatic heterocycles. The van der Waals surface area contributed by atoms with Gasteiger partial charge in [-0.05, 0) is 38.4 Å². The lowest BCUT2D eigenvalue weighted by Crippen LogP contribution is -2.38. The summed E-state index contributed by atoms with van der Waals surface area (Å²) in [6.45, 7) is 0.414. The third-order valence-electron chi connectivity index (χ3n) is 4.75. The number of anilines is 1. The molecule has 2 unspecified atom stereocenters. The predicted molar refractivity (Wildman–Crippen MR) is 117 cm³/mol. The van der Waals surface area contributed by atoms with Gasteiger partial charge in [-0.15, -0.1) is 11.8 Å². The van der Waals surface area contributed by atoms with Crippen LogP contribution in [0.25, 0.3) is 0 Å². The maximum atomic E-state index is 12.6. The molecule has 0 radical (unpaired) electrons. The van der Waals surface area contributed by atoms with Gasteiger partial charge < -0.3 is 20.3 Å². The molecule has 0 saturated carbocycles. The zero-order chi connectivity index (χ0) is 21.0. The number of rotatable bonds is 7. The van der Waals surface area contributed by atoms with E-state index in [1.54, 1.807) is 19.2 Å². The number of amides is 2. The van der Waals surface area contributed by atoms with Crippen LogP contribution in [0.2, 0.25) is 5.02 Å². The molecule has 0 spiro atoms. The number of hydrogen-bond donors (Lipinski definition) is 2. The average Bonchev–Trinajstić information content (AvgIpc) is 2.69. The first-order chi connectivity index (χ1) is 13.9. The van der Waals surface area contributed by atoms with Crippen LogP contribution in [0.5, 0.6) is 5.75 Å². The van der Waals surface area contributed by atoms with Crippen LogP contribution < -0.4 is 15.4 Å². The van der Waals surface area contributed by atoms with E-state index in [1.807, 2.05) is 49.3 Å². The fourth-order valence-corrected chi connectivity index (χ4v) is 4.48. The smallest absolute Gasteiger partial charge is 0.238 e. The van der Waals surface area contributed by atoms with E-state index in [4.69, 9.17) is 16.3 Å². The second kappa shape index (κ2) is 9.52. The molecule has 154 valence electrons. The van der Waals surface area contributed by atoms with Gasteiger partial charge in [0.05, 0.1) is 24.1 Å². The van der Waals surface area contributed by atoms with Crippen molar-refractivity contribution >= 4 is 40.9 Å². The van der Waals surface area contributed by atoms with Crippen molar-refractivity contribution < 1.29 is 14.3 Å². The van der Waals surface area contributed by atoms with E-state index in [1.165, 1.54) is 11.8 Å². The van der Waals surface area contributed by atoms with Gasteiger partial charge in [-0.2, -0.15) is 0 Å². The van der Waals surface area contributed by atoms with Crippen LogP contribution in [0.4, 0.5) is 5.69 Å². The zero-order valence-electron chi connectivity index (χ0n) is 16.6. The Bertz CT molecular complexity index is 906. The highest BCUT2D eigenvalue weighted by molar-refractivity contribution is 8.01. The summed E-state index contributed by atoms with van der Waals surface area (Å²) in [4.78, 5) is 27.9. The van der Waals surface area contributed by atoms with Crippen LogP contribution in [0.3, 0.4) is 0 Å². The summed E-state index contributed by atoms with van der Waals surface area (Å²) in [6.07, 6.45) is 0.102. The largest absolute Gasteiger partial charge is 0.496 e. The topological polar surface area (TPSA) is 70.7 Å². The van der Waals surface area contributed by atoms with Crippen molar-refractivity contribution in [3.8, 4) is 5.75 Å². The summed E-state index contributed by atoms with van der Waals surface area (Å²) in [5.74, 6) is 0.420. The fourth-order valence-electron chi connectivity index (χ4n) is 3.22. The second-order valence-electron chi connectivity index (χ2n) is 6.97. The molecule has 1 aliphatic heterocycles. The van der Waals surface area contributed by atoms with Crippen molar-refractivity contribution in [2.24, 2.45) is 0 Å². The predicted octanol–water partition coefficient (Wildman–Crippen LogP) is 3.57. The second-order valence-corrected chi connectivity index (χ2v) is 8.65. The highest BCUT2D eigenvalue weighted by Crippen LogP contribution is 2.38. The number of ether oxygens (including phenoxy) is 1. The standard InChI is InChI=1S/C21H24ClN3O3S/c1-25(2)16(14-6-4-5-7-17(14)28-3)12-23-20(26)11-19-21(27)24-15-10-13(22)8-9-18(15)29-19/h4-10,16,19H,11-12H2,1-3H3,(H,23,26)(H,24,27). The molecule has 3 rings (SSSR count). The number of methoxy groups -OCH3 is 1. The number of carbonyl (C=O) groups is 2. The van der Waals surface area contributed by atoms with Gasteiger partial charge >= 0.3 is 0 Å². The number of likely N-dealkylation sites (N-methyl/N-ethyl adjacent to an activating group) is 1. The van der Waals surface area contributed by atoms with Crippen molar-refractivity contribution in [1.82, 2.24) is 10.2 Å². The Kier molecular flexibility index (Phi) is 7.05. The van der Waals surface area contributed by atoms with Gasteiger partial charge in [0.1, 0.15) is 5.75 Å². The van der Waals surface area contributed by atoms with Crippen molar-refractivity contribution in [2.75, 3.05) is 33.1 Å². The molecule has 0 saturated heterocycles. The highest BCUT2D eigenvalue weighted by atomic mass is 35.5. The Labute approximate surface area is 179 Å². The Hall–Kier alpha value is -2.22. The SMILES string of the molecule is COc1ccccc1C(CNC(=O)CC1Sc2ccc(Cl)cc2NC1=O)N(C)C. The monoisotopic (exact) mass is 433 g/mol. The minimum Gasteiger partial charge on any atom is -0.496 e. The van der Waals surface area contributed by atoms with Crippen molar-refractivity contribution in [2.45, 2.75) is 22.6 Å². The molecular formula is C21H24ClN3O3S. The number of fused-ring (bicyclic) bond motifs is 1. The molecule has 2 amide bonds. The van der Waals surface area contributed by atoms with E-state index in [2.05, 4.69) is 10.6 Å². The first-order valence-electron chi connectivity index (χ1n) is 9.22. The number of nitrogens with one attached hydrogen (secondary N) is 2. The van der Waals surface area contributed by atoms with Crippen LogP contribution in [0.15, 0.2) is 47.4 Å². The van der Waals surface area contributed by atoms with Gasteiger partial charge in [-0.25, -0.2) is 0 Å². The molecule has 29 heavy (non-hydrogen) atoms. The highest BCUT2D eigenvalue weighted by Gasteiger charge is 2.29. The van der Waals surface area contributed by atoms with E-state index in [0.29, 0.717) is 17.3 Å². The van der Waals surface area contributed by atoms with Crippen molar-refractivity contribution in [1.29, 1.82) is 0 Å². The first-order valence-corrected chi connectivity index (χ1v) is 10.5. The van der Waals surface area contributed by atoms with Crippen LogP contribution in [-0.2, 0) is 9.59 Å². The van der Waals surface area contributed by atoms with E-state index in [-0.39, 0.29) is 24.3 Å². The lowest BCUT2D eigenvalue weighted by molar-refractivity contribution is -0.124. The quantitative estimate of drug-likeness (QED) is 0.698. The molecular weight excluding hydrogens is 410 g/mol. The zero-order valence-corrected chi connectivity index (χ0v) is 18.1. The molecule has 2 N–H and O–H groups in total. The Morgan fingerprint density at radius 1 is 1.31 bits per heavy atom. The number of carbonyl (C=O) groups excluding carboxylic acids is 2. The Morgan fingerprint density at radius 3 is 2.79 bits per heavy atom. The van der Waals surface area contributed by atoms with Gasteiger partial charge in [0.15, 0.2) is 0 Å². The number of hydrogen-bond acceptors (Lipinski definition) is 5. The number of nitrogens with zero attached hydrogens (tertiary/aromatic N) is 1. The molecule has 6 nitrogen and oxygen atoms in total. The van der Waals surface area contributed by atoms with Crippen LogP contribution in [0, 0.1) is 0 Å². The van der Waals surface area contributed by atoms with Crippen LogP contribution in [-0.4, -0.2) is 49.7 Å². The summed E-state index contributed by atoms with van der Waals surface area (Å²) in [5.41, 5.74) is 1.68. The summed E-state index contributed by atoms with van der Waals surface area (Å²) in [5, 5.41) is 5.88. The summed E-state index contributed by atoms with van der Waals surface area (Å²) in [7, 11) is 5.54. The lowest BCUT2D eigenvalue weighted by atomic mass is 10.0. The molecule has 0 aliphatic carbocycles. The molecule has 8 heteroatoms. The van der Waals surface area contributed by atoms with Crippen molar-refractivity contribution in [3.05, 3.63) is 53.1 Å². The minimum absolute atomic E-state index is 0.0502. The molecule has 1 aliphatic rings. The summed E-state index contributed by atoms with van der Waals surface area (Å²) < 4.78 is 5.46. The van der Waals surface area contributed by atoms with E-state index >= 15 is 0 Å². The van der Waals surface area contributed by atoms with E-state index in [0.717, 1.165) is 16.2 Å². The van der Waals surface area contributed by atoms with Crippen molar-refractivity contribution in [3.63, 3.8) is 0 Å². The molecule has 2 aromatic carbocycles. The molecule has 0 fully saturated rings. The third kappa shape index (κ3) is 5.23. The van der Waals surface area contributed by atoms with Crippen LogP contribution in [0.1, 0.15) is 18.0 Å². The van der Waals surface area contributed by atoms with Gasteiger partial charge in [0.2, 0.25) is 11.8 Å². The number of benzene rings is 2. The normalized spacial score (nSPS) is 16.7. The number of halogens is 1. The fraction of sp³-hybridized carbons (Fsp3) is 0.333. The van der Waals surface area contributed by atoms with Crippen LogP contribution >= 0.6 is 23.4 Å². The lowest BCUT2D eigenvalue weighted by Gasteiger charge is -2.27. The van der Waals surface area contributed by atoms with Gasteiger partial charge in [0, 0.05) is 28.4 Å². The Balaban J connectivity index is 1.62. The maximum absolute atomic E-state index is 12.6. The molecule has 2 atom stereocenters. The van der Waals surface area contributed by atoms with E-state index < -0.39 is 5.25 Å². The van der Waals surface area contributed by atoms with Gasteiger partial charge in [0.25, 0.3) is 0 Å². The maximum Gasteiger partial charge on any atom is 0.238 e. The molecule has 2 aromatic rings. The first kappa shape index (κ1) is 21.5. The van der Waals surface area contributed by atoms with Gasteiger partial charge in [-0.3, -0.25) is 9.59 Å². The molecule has 0 bridgehead atoms.